The Morgan fingerprint density at radius 3 is 2.30 bits per heavy atom. The maximum atomic E-state index is 10.9. The fourth-order valence-electron chi connectivity index (χ4n) is 0.643. The van der Waals surface area contributed by atoms with E-state index in [2.05, 4.69) is 6.92 Å². The van der Waals surface area contributed by atoms with Gasteiger partial charge in [-0.15, -0.1) is 0 Å². The molecule has 0 aromatic rings. The van der Waals surface area contributed by atoms with Crippen LogP contribution in [0.15, 0.2) is 0 Å². The summed E-state index contributed by atoms with van der Waals surface area (Å²) in [4.78, 5) is 0. The fraction of sp³-hybridized carbons (Fsp3) is 0.857. The molecule has 61 valence electrons. The molecule has 0 saturated carbocycles. The molecule has 0 bridgehead atoms. The van der Waals surface area contributed by atoms with Crippen LogP contribution in [0.1, 0.15) is 26.2 Å². The second-order valence-corrected chi connectivity index (χ2v) is 4.77. The zero-order valence-corrected chi connectivity index (χ0v) is 7.28. The van der Waals surface area contributed by atoms with Gasteiger partial charge in [0, 0.05) is 5.75 Å². The quantitative estimate of drug-likeness (QED) is 0.574. The minimum atomic E-state index is -2.72. The molecule has 0 saturated heterocycles. The van der Waals surface area contributed by atoms with Crippen molar-refractivity contribution in [3.63, 3.8) is 0 Å². The van der Waals surface area contributed by atoms with Crippen molar-refractivity contribution in [2.45, 2.75) is 26.2 Å². The molecule has 0 amide bonds. The molecule has 0 spiro atoms. The molecule has 0 aromatic heterocycles. The van der Waals surface area contributed by atoms with Gasteiger partial charge in [-0.25, -0.2) is 8.42 Å². The van der Waals surface area contributed by atoms with Crippen LogP contribution in [0.4, 0.5) is 0 Å². The monoisotopic (exact) mass is 163 g/mol. The summed E-state index contributed by atoms with van der Waals surface area (Å²) >= 11 is 0. The van der Waals surface area contributed by atoms with Gasteiger partial charge in [0.2, 0.25) is 0 Å². The molecule has 0 fully saturated rings. The first-order valence-electron chi connectivity index (χ1n) is 3.62. The molecule has 3 heteroatoms. The summed E-state index contributed by atoms with van der Waals surface area (Å²) in [5.41, 5.74) is 0. The Labute approximate surface area is 63.6 Å². The van der Waals surface area contributed by atoms with E-state index in [-0.39, 0.29) is 5.75 Å². The summed E-state index contributed by atoms with van der Waals surface area (Å²) < 4.78 is 21.7. The highest BCUT2D eigenvalue weighted by Crippen LogP contribution is 1.98. The maximum Gasteiger partial charge on any atom is 0.150 e. The first-order valence-corrected chi connectivity index (χ1v) is 5.44. The van der Waals surface area contributed by atoms with Gasteiger partial charge >= 0.3 is 0 Å². The topological polar surface area (TPSA) is 34.1 Å². The fourth-order valence-corrected chi connectivity index (χ4v) is 1.58. The highest BCUT2D eigenvalue weighted by molar-refractivity contribution is 7.91. The summed E-state index contributed by atoms with van der Waals surface area (Å²) in [5, 5.41) is 0. The third kappa shape index (κ3) is 4.79. The summed E-state index contributed by atoms with van der Waals surface area (Å²) in [6.07, 6.45) is 2.51. The van der Waals surface area contributed by atoms with Crippen molar-refractivity contribution in [1.29, 1.82) is 0 Å². The minimum absolute atomic E-state index is 0.268. The SMILES string of the molecule is [CH2]CCCCS(=O)(=O)CC. The Morgan fingerprint density at radius 2 is 1.90 bits per heavy atom. The Kier molecular flexibility index (Phi) is 4.69. The molecule has 0 unspecified atom stereocenters. The summed E-state index contributed by atoms with van der Waals surface area (Å²) in [6, 6.07) is 0. The van der Waals surface area contributed by atoms with Crippen molar-refractivity contribution in [3.8, 4) is 0 Å². The van der Waals surface area contributed by atoms with Gasteiger partial charge in [0.25, 0.3) is 0 Å². The van der Waals surface area contributed by atoms with Crippen LogP contribution >= 0.6 is 0 Å². The zero-order chi connectivity index (χ0) is 8.04. The number of sulfone groups is 1. The second-order valence-electron chi connectivity index (χ2n) is 2.30. The van der Waals surface area contributed by atoms with E-state index in [0.717, 1.165) is 19.3 Å². The van der Waals surface area contributed by atoms with Crippen LogP contribution in [-0.2, 0) is 9.84 Å². The van der Waals surface area contributed by atoms with Gasteiger partial charge in [0.05, 0.1) is 5.75 Å². The molecule has 0 aliphatic carbocycles. The van der Waals surface area contributed by atoms with E-state index in [4.69, 9.17) is 0 Å². The smallest absolute Gasteiger partial charge is 0.150 e. The van der Waals surface area contributed by atoms with Crippen LogP contribution in [0.2, 0.25) is 0 Å². The summed E-state index contributed by atoms with van der Waals surface area (Å²) in [6.45, 7) is 5.32. The molecule has 0 rings (SSSR count). The lowest BCUT2D eigenvalue weighted by molar-refractivity contribution is 0.593. The largest absolute Gasteiger partial charge is 0.229 e. The van der Waals surface area contributed by atoms with Crippen LogP contribution in [0.5, 0.6) is 0 Å². The van der Waals surface area contributed by atoms with Gasteiger partial charge in [0.15, 0.2) is 0 Å². The van der Waals surface area contributed by atoms with Crippen molar-refractivity contribution >= 4 is 9.84 Å². The van der Waals surface area contributed by atoms with Gasteiger partial charge in [-0.2, -0.15) is 0 Å². The van der Waals surface area contributed by atoms with E-state index in [1.165, 1.54) is 0 Å². The van der Waals surface area contributed by atoms with Crippen molar-refractivity contribution in [2.75, 3.05) is 11.5 Å². The lowest BCUT2D eigenvalue weighted by Crippen LogP contribution is -2.08. The van der Waals surface area contributed by atoms with E-state index < -0.39 is 9.84 Å². The third-order valence-corrected chi connectivity index (χ3v) is 3.19. The first kappa shape index (κ1) is 9.95. The maximum absolute atomic E-state index is 10.9. The number of rotatable bonds is 5. The molecule has 2 nitrogen and oxygen atoms in total. The number of unbranched alkanes of at least 4 members (excludes halogenated alkanes) is 2. The van der Waals surface area contributed by atoms with Gasteiger partial charge in [-0.1, -0.05) is 26.7 Å². The van der Waals surface area contributed by atoms with Gasteiger partial charge in [0.1, 0.15) is 9.84 Å². The molecular weight excluding hydrogens is 148 g/mol. The van der Waals surface area contributed by atoms with Crippen molar-refractivity contribution < 1.29 is 8.42 Å². The van der Waals surface area contributed by atoms with E-state index in [9.17, 15) is 8.42 Å². The van der Waals surface area contributed by atoms with Gasteiger partial charge in [-0.3, -0.25) is 0 Å². The summed E-state index contributed by atoms with van der Waals surface area (Å²) in [7, 11) is -2.72. The molecule has 1 radical (unpaired) electrons. The Balaban J connectivity index is 3.49. The average Bonchev–Trinajstić information content (AvgIpc) is 1.89. The molecule has 0 aliphatic rings. The molecule has 10 heavy (non-hydrogen) atoms. The second kappa shape index (κ2) is 4.72. The highest BCUT2D eigenvalue weighted by atomic mass is 32.2. The van der Waals surface area contributed by atoms with Gasteiger partial charge in [-0.05, 0) is 6.42 Å². The normalized spacial score (nSPS) is 11.8. The van der Waals surface area contributed by atoms with E-state index in [1.54, 1.807) is 6.92 Å². The summed E-state index contributed by atoms with van der Waals surface area (Å²) in [5.74, 6) is 0.600. The van der Waals surface area contributed by atoms with Crippen molar-refractivity contribution in [3.05, 3.63) is 6.92 Å². The number of hydrogen-bond acceptors (Lipinski definition) is 2. The Bertz CT molecular complexity index is 158. The molecule has 0 N–H and O–H groups in total. The van der Waals surface area contributed by atoms with Crippen molar-refractivity contribution in [1.82, 2.24) is 0 Å². The van der Waals surface area contributed by atoms with Crippen LogP contribution < -0.4 is 0 Å². The lowest BCUT2D eigenvalue weighted by Gasteiger charge is -1.97. The van der Waals surface area contributed by atoms with Crippen LogP contribution in [-0.4, -0.2) is 19.9 Å². The first-order chi connectivity index (χ1) is 4.62. The third-order valence-electron chi connectivity index (χ3n) is 1.40. The predicted molar refractivity (Wildman–Crippen MR) is 43.5 cm³/mol. The van der Waals surface area contributed by atoms with Crippen LogP contribution in [0.25, 0.3) is 0 Å². The zero-order valence-electron chi connectivity index (χ0n) is 6.47. The minimum Gasteiger partial charge on any atom is -0.229 e. The predicted octanol–water partition coefficient (Wildman–Crippen LogP) is 1.43. The molecular formula is C7H15O2S. The van der Waals surface area contributed by atoms with E-state index in [1.807, 2.05) is 0 Å². The number of hydrogen-bond donors (Lipinski definition) is 0. The molecule has 0 heterocycles. The Morgan fingerprint density at radius 1 is 1.30 bits per heavy atom. The molecule has 0 atom stereocenters. The van der Waals surface area contributed by atoms with E-state index >= 15 is 0 Å². The highest BCUT2D eigenvalue weighted by Gasteiger charge is 2.04. The Hall–Kier alpha value is -0.0500. The average molecular weight is 163 g/mol. The van der Waals surface area contributed by atoms with Crippen LogP contribution in [0, 0.1) is 6.92 Å². The lowest BCUT2D eigenvalue weighted by atomic mass is 10.3. The van der Waals surface area contributed by atoms with Crippen molar-refractivity contribution in [2.24, 2.45) is 0 Å². The standard InChI is InChI=1S/C7H15O2S/c1-3-5-6-7-10(8,9)4-2/h1,3-7H2,2H3. The van der Waals surface area contributed by atoms with E-state index in [0.29, 0.717) is 5.75 Å². The van der Waals surface area contributed by atoms with Gasteiger partial charge < -0.3 is 0 Å². The molecule has 0 aliphatic heterocycles. The van der Waals surface area contributed by atoms with Crippen LogP contribution in [0.3, 0.4) is 0 Å². The molecule has 0 aromatic carbocycles.